The number of phenolic OH excluding ortho intramolecular Hbond substituents is 1. The summed E-state index contributed by atoms with van der Waals surface area (Å²) < 4.78 is 199. The van der Waals surface area contributed by atoms with Gasteiger partial charge in [0.15, 0.2) is 52.1 Å². The third-order valence-electron chi connectivity index (χ3n) is 8.66. The number of rotatable bonds is 26. The summed E-state index contributed by atoms with van der Waals surface area (Å²) >= 11 is -0.780. The first-order valence-corrected chi connectivity index (χ1v) is 21.2. The first-order chi connectivity index (χ1) is 31.3. The molecule has 0 bridgehead atoms. The number of alkyl halides is 3. The summed E-state index contributed by atoms with van der Waals surface area (Å²) in [6.07, 6.45) is 7.37. The van der Waals surface area contributed by atoms with Crippen LogP contribution in [0.3, 0.4) is 0 Å². The topological polar surface area (TPSA) is 164 Å². The number of phenols is 1. The van der Waals surface area contributed by atoms with Gasteiger partial charge >= 0.3 is 6.18 Å². The number of halogens is 13. The van der Waals surface area contributed by atoms with Crippen LogP contribution in [0.4, 0.5) is 57.1 Å². The van der Waals surface area contributed by atoms with Crippen molar-refractivity contribution in [2.75, 3.05) is 20.8 Å². The van der Waals surface area contributed by atoms with Crippen LogP contribution in [0.1, 0.15) is 96.5 Å². The van der Waals surface area contributed by atoms with E-state index in [4.69, 9.17) is 25.6 Å². The highest BCUT2D eigenvalue weighted by molar-refractivity contribution is 7.95. The van der Waals surface area contributed by atoms with E-state index in [1.54, 1.807) is 0 Å². The van der Waals surface area contributed by atoms with E-state index in [1.807, 2.05) is 0 Å². The lowest BCUT2D eigenvalue weighted by Gasteiger charge is -2.19. The Bertz CT molecular complexity index is 1880. The van der Waals surface area contributed by atoms with Gasteiger partial charge in [0.2, 0.25) is 29.1 Å². The quantitative estimate of drug-likeness (QED) is 0.0150. The van der Waals surface area contributed by atoms with Gasteiger partial charge < -0.3 is 19.3 Å². The summed E-state index contributed by atoms with van der Waals surface area (Å²) in [7, 11) is 1.52. The van der Waals surface area contributed by atoms with Crippen LogP contribution in [0, 0.1) is 64.1 Å². The molecule has 0 saturated carbocycles. The Labute approximate surface area is 380 Å². The number of methoxy groups -OCH3 is 2. The molecule has 0 aromatic heterocycles. The van der Waals surface area contributed by atoms with Crippen LogP contribution in [0.2, 0.25) is 0 Å². The summed E-state index contributed by atoms with van der Waals surface area (Å²) in [5, 5.41) is 42.1. The zero-order chi connectivity index (χ0) is 50.1. The van der Waals surface area contributed by atoms with E-state index < -0.39 is 120 Å². The van der Waals surface area contributed by atoms with E-state index in [0.29, 0.717) is 7.11 Å². The van der Waals surface area contributed by atoms with Crippen molar-refractivity contribution in [3.63, 3.8) is 0 Å². The molecule has 66 heavy (non-hydrogen) atoms. The van der Waals surface area contributed by atoms with Crippen molar-refractivity contribution in [1.29, 1.82) is 0 Å². The van der Waals surface area contributed by atoms with Gasteiger partial charge in [-0.25, -0.2) is 37.7 Å². The van der Waals surface area contributed by atoms with E-state index >= 15 is 0 Å². The van der Waals surface area contributed by atoms with Gasteiger partial charge in [-0.3, -0.25) is 0 Å². The lowest BCUT2D eigenvalue weighted by atomic mass is 9.95. The van der Waals surface area contributed by atoms with E-state index in [1.165, 1.54) is 19.3 Å². The van der Waals surface area contributed by atoms with Gasteiger partial charge in [-0.2, -0.15) is 35.1 Å². The maximum atomic E-state index is 14.3. The Morgan fingerprint density at radius 2 is 0.833 bits per heavy atom. The second kappa shape index (κ2) is 31.6. The van der Waals surface area contributed by atoms with Crippen molar-refractivity contribution in [1.82, 2.24) is 0 Å². The molecule has 1 atom stereocenters. The molecule has 29 heteroatoms. The van der Waals surface area contributed by atoms with Gasteiger partial charge in [-0.15, -0.1) is 13.0 Å². The molecule has 0 radical (unpaired) electrons. The van der Waals surface area contributed by atoms with Crippen LogP contribution < -0.4 is 14.2 Å². The molecule has 0 aliphatic rings. The zero-order valence-corrected chi connectivity index (χ0v) is 37.3. The Morgan fingerprint density at radius 1 is 0.470 bits per heavy atom. The summed E-state index contributed by atoms with van der Waals surface area (Å²) in [5.41, 5.74) is -2.14. The smallest absolute Gasteiger partial charge is 0.422 e. The second-order valence-corrected chi connectivity index (χ2v) is 15.1. The first-order valence-electron chi connectivity index (χ1n) is 18.9. The molecular weight excluding hydrogens is 996 g/mol. The molecular formula is C37H43F13O13S3. The minimum absolute atomic E-state index is 0.0173. The first kappa shape index (κ1) is 60.7. The van der Waals surface area contributed by atoms with Crippen LogP contribution >= 0.6 is 36.1 Å². The Kier molecular flexibility index (Phi) is 29.1. The molecule has 0 aliphatic heterocycles. The van der Waals surface area contributed by atoms with Crippen molar-refractivity contribution >= 4 is 36.1 Å². The molecule has 0 amide bonds. The number of ether oxygens (including phenoxy) is 3. The van der Waals surface area contributed by atoms with Crippen LogP contribution in [0.15, 0.2) is 14.7 Å². The second-order valence-electron chi connectivity index (χ2n) is 13.0. The van der Waals surface area contributed by atoms with E-state index in [9.17, 15) is 57.1 Å². The Morgan fingerprint density at radius 3 is 1.26 bits per heavy atom. The normalized spacial score (nSPS) is 11.8. The zero-order valence-electron chi connectivity index (χ0n) is 34.9. The van der Waals surface area contributed by atoms with Gasteiger partial charge in [0.05, 0.1) is 57.0 Å². The molecule has 1 unspecified atom stereocenters. The molecule has 0 aliphatic carbocycles. The van der Waals surface area contributed by atoms with E-state index in [0.717, 1.165) is 64.9 Å². The predicted octanol–water partition coefficient (Wildman–Crippen LogP) is 14.2. The fourth-order valence-corrected chi connectivity index (χ4v) is 6.81. The fraction of sp³-hybridized carbons (Fsp3) is 0.514. The number of aromatic hydroxyl groups is 1. The Balaban J connectivity index is 0.000000531. The number of benzene rings is 3. The van der Waals surface area contributed by atoms with Crippen molar-refractivity contribution in [2.24, 2.45) is 5.92 Å². The van der Waals surface area contributed by atoms with Crippen molar-refractivity contribution in [3.05, 3.63) is 63.7 Å². The molecule has 0 saturated heterocycles. The van der Waals surface area contributed by atoms with Gasteiger partial charge in [-0.1, -0.05) is 93.2 Å². The highest BCUT2D eigenvalue weighted by Gasteiger charge is 2.43. The molecule has 0 spiro atoms. The van der Waals surface area contributed by atoms with Gasteiger partial charge in [-0.05, 0) is 18.8 Å². The average Bonchev–Trinajstić information content (AvgIpc) is 3.28. The van der Waals surface area contributed by atoms with Crippen molar-refractivity contribution < 1.29 is 120 Å². The lowest BCUT2D eigenvalue weighted by molar-refractivity contribution is -0.432. The Hall–Kier alpha value is -3.36. The molecule has 13 nitrogen and oxygen atoms in total. The predicted molar refractivity (Wildman–Crippen MR) is 206 cm³/mol. The molecule has 378 valence electrons. The third kappa shape index (κ3) is 17.9. The minimum Gasteiger partial charge on any atom is -0.504 e. The van der Waals surface area contributed by atoms with E-state index in [-0.39, 0.29) is 36.6 Å². The summed E-state index contributed by atoms with van der Waals surface area (Å²) in [6.45, 7) is 4.26. The summed E-state index contributed by atoms with van der Waals surface area (Å²) in [4.78, 5) is -3.52. The summed E-state index contributed by atoms with van der Waals surface area (Å²) in [5.74, 6) is -22.5. The van der Waals surface area contributed by atoms with Crippen LogP contribution in [0.25, 0.3) is 0 Å². The van der Waals surface area contributed by atoms with Crippen molar-refractivity contribution in [3.8, 4) is 23.0 Å². The number of hydrogen-bond acceptors (Lipinski definition) is 16. The molecule has 3 rings (SSSR count). The van der Waals surface area contributed by atoms with Crippen LogP contribution in [-0.2, 0) is 34.3 Å². The SMILES string of the molecule is CCCCCCCCC(CCCCCC)COc1c(F)c(F)c(SOOO)c(F)c1F.COc1c(F)c(F)c(SOOO)c(F)c1C(F)(F)F.COc1c(F)c(O)c(SOOO)c(F)c1F. The van der Waals surface area contributed by atoms with Crippen LogP contribution in [-0.4, -0.2) is 41.7 Å². The highest BCUT2D eigenvalue weighted by Crippen LogP contribution is 2.45. The standard InChI is InChI=1S/C22H34F4O4S.C8H4F6O4S.C7H5F3O5S/c1-3-5-7-9-10-12-14-16(13-11-8-6-4-2)15-28-21-17(23)19(25)22(31-30-29-27)20(26)18(21)24;1-16-6-2(8(12,13)14)3(9)7(19-18-17-15)5(11)4(6)10;1-13-6-2(8)3(9)7(16-15-14-12)5(11)4(6)10/h16,27H,3-15H2,1-2H3;15H,1H3;11-12H,1H3. The number of hydrogen-bond donors (Lipinski definition) is 4. The monoisotopic (exact) mass is 1040 g/mol. The highest BCUT2D eigenvalue weighted by atomic mass is 32.2. The average molecular weight is 1040 g/mol. The molecule has 3 aromatic carbocycles. The molecule has 4 N–H and O–H groups in total. The molecule has 0 fully saturated rings. The summed E-state index contributed by atoms with van der Waals surface area (Å²) in [6, 6.07) is 0. The molecule has 0 heterocycles. The third-order valence-corrected chi connectivity index (χ3v) is 10.6. The van der Waals surface area contributed by atoms with Gasteiger partial charge in [0, 0.05) is 0 Å². The fourth-order valence-electron chi connectivity index (χ4n) is 5.52. The maximum Gasteiger partial charge on any atom is 0.422 e. The van der Waals surface area contributed by atoms with Gasteiger partial charge in [0.25, 0.3) is 0 Å². The van der Waals surface area contributed by atoms with Crippen molar-refractivity contribution in [2.45, 2.75) is 112 Å². The van der Waals surface area contributed by atoms with Gasteiger partial charge in [0.1, 0.15) is 20.2 Å². The lowest BCUT2D eigenvalue weighted by Crippen LogP contribution is -2.15. The van der Waals surface area contributed by atoms with Crippen LogP contribution in [0.5, 0.6) is 23.0 Å². The maximum absolute atomic E-state index is 14.3. The molecule has 3 aromatic rings. The minimum atomic E-state index is -5.33. The van der Waals surface area contributed by atoms with E-state index in [2.05, 4.69) is 51.4 Å². The largest absolute Gasteiger partial charge is 0.504 e. The number of unbranched alkanes of at least 4 members (excludes halogenated alkanes) is 8.